The Hall–Kier alpha value is -4.64. The summed E-state index contributed by atoms with van der Waals surface area (Å²) in [6.45, 7) is 2.79. The first kappa shape index (κ1) is 26.6. The summed E-state index contributed by atoms with van der Waals surface area (Å²) in [5, 5.41) is 3.61. The molecule has 1 amide bonds. The van der Waals surface area contributed by atoms with Gasteiger partial charge < -0.3 is 10.1 Å². The van der Waals surface area contributed by atoms with Crippen LogP contribution >= 0.6 is 0 Å². The number of amides is 1. The highest BCUT2D eigenvalue weighted by atomic mass is 16.5. The minimum atomic E-state index is -0.595. The first-order valence-corrected chi connectivity index (χ1v) is 14.4. The lowest BCUT2D eigenvalue weighted by molar-refractivity contribution is -0.116. The van der Waals surface area contributed by atoms with Crippen LogP contribution < -0.4 is 15.0 Å². The number of Topliss-reactive ketones (excluding diaryl/α,β-unsaturated/α-hetero) is 1. The topological polar surface area (TPSA) is 58.6 Å². The monoisotopic (exact) mass is 542 g/mol. The largest absolute Gasteiger partial charge is 0.494 e. The van der Waals surface area contributed by atoms with Gasteiger partial charge >= 0.3 is 0 Å². The minimum absolute atomic E-state index is 0.0551. The predicted molar refractivity (Wildman–Crippen MR) is 163 cm³/mol. The molecular formula is C36H34N2O3. The maximum absolute atomic E-state index is 14.3. The summed E-state index contributed by atoms with van der Waals surface area (Å²) in [4.78, 5) is 30.3. The second-order valence-electron chi connectivity index (χ2n) is 10.7. The normalized spacial score (nSPS) is 18.2. The van der Waals surface area contributed by atoms with Gasteiger partial charge in [-0.15, -0.1) is 0 Å². The summed E-state index contributed by atoms with van der Waals surface area (Å²) in [6.07, 6.45) is 3.12. The lowest BCUT2D eigenvalue weighted by Gasteiger charge is -2.35. The van der Waals surface area contributed by atoms with Crippen molar-refractivity contribution in [1.29, 1.82) is 0 Å². The molecule has 4 aromatic rings. The smallest absolute Gasteiger partial charge is 0.259 e. The minimum Gasteiger partial charge on any atom is -0.494 e. The fourth-order valence-corrected chi connectivity index (χ4v) is 5.89. The number of ether oxygens (including phenoxy) is 1. The summed E-state index contributed by atoms with van der Waals surface area (Å²) >= 11 is 0. The van der Waals surface area contributed by atoms with Gasteiger partial charge in [-0.3, -0.25) is 14.5 Å². The van der Waals surface area contributed by atoms with E-state index in [1.807, 2.05) is 97.1 Å². The van der Waals surface area contributed by atoms with Crippen molar-refractivity contribution in [3.8, 4) is 5.75 Å². The zero-order valence-corrected chi connectivity index (χ0v) is 23.3. The Bertz CT molecular complexity index is 1560. The Morgan fingerprint density at radius 3 is 2.24 bits per heavy atom. The molecule has 0 radical (unpaired) electrons. The second-order valence-corrected chi connectivity index (χ2v) is 10.7. The molecule has 2 atom stereocenters. The molecule has 0 aromatic heterocycles. The fraction of sp³-hybridized carbons (Fsp3) is 0.222. The molecule has 0 unspecified atom stereocenters. The lowest BCUT2D eigenvalue weighted by Crippen LogP contribution is -2.38. The van der Waals surface area contributed by atoms with Crippen LogP contribution in [0.1, 0.15) is 66.1 Å². The molecule has 1 heterocycles. The van der Waals surface area contributed by atoms with Crippen LogP contribution in [0.3, 0.4) is 0 Å². The number of hydrogen-bond donors (Lipinski definition) is 1. The number of benzene rings is 4. The number of carbonyl (C=O) groups is 2. The van der Waals surface area contributed by atoms with Crippen molar-refractivity contribution in [2.45, 2.75) is 44.6 Å². The van der Waals surface area contributed by atoms with Crippen LogP contribution in [0.2, 0.25) is 0 Å². The number of carbonyl (C=O) groups excluding carboxylic acids is 2. The predicted octanol–water partition coefficient (Wildman–Crippen LogP) is 8.08. The van der Waals surface area contributed by atoms with Crippen molar-refractivity contribution < 1.29 is 14.3 Å². The van der Waals surface area contributed by atoms with Crippen molar-refractivity contribution in [3.63, 3.8) is 0 Å². The fourth-order valence-electron chi connectivity index (χ4n) is 5.89. The number of allylic oxidation sites excluding steroid dienone is 1. The van der Waals surface area contributed by atoms with Crippen molar-refractivity contribution in [3.05, 3.63) is 137 Å². The Balaban J connectivity index is 1.50. The molecule has 4 aromatic carbocycles. The molecule has 206 valence electrons. The number of ketones is 1. The molecule has 5 heteroatoms. The third kappa shape index (κ3) is 5.40. The zero-order chi connectivity index (χ0) is 28.2. The maximum Gasteiger partial charge on any atom is 0.259 e. The summed E-state index contributed by atoms with van der Waals surface area (Å²) in [5.74, 6) is 0.747. The van der Waals surface area contributed by atoms with E-state index < -0.39 is 6.04 Å². The highest BCUT2D eigenvalue weighted by Gasteiger charge is 2.41. The van der Waals surface area contributed by atoms with Crippen molar-refractivity contribution in [2.75, 3.05) is 16.8 Å². The van der Waals surface area contributed by atoms with E-state index in [1.54, 1.807) is 4.90 Å². The van der Waals surface area contributed by atoms with Gasteiger partial charge in [-0.1, -0.05) is 86.1 Å². The third-order valence-electron chi connectivity index (χ3n) is 7.96. The number of rotatable bonds is 7. The van der Waals surface area contributed by atoms with Crippen LogP contribution in [0, 0.1) is 0 Å². The van der Waals surface area contributed by atoms with Crippen LogP contribution in [0.25, 0.3) is 0 Å². The van der Waals surface area contributed by atoms with Gasteiger partial charge in [0, 0.05) is 23.3 Å². The van der Waals surface area contributed by atoms with Crippen molar-refractivity contribution in [2.24, 2.45) is 0 Å². The maximum atomic E-state index is 14.3. The van der Waals surface area contributed by atoms with Gasteiger partial charge in [0.2, 0.25) is 0 Å². The van der Waals surface area contributed by atoms with Gasteiger partial charge in [-0.2, -0.15) is 0 Å². The zero-order valence-electron chi connectivity index (χ0n) is 23.3. The van der Waals surface area contributed by atoms with Gasteiger partial charge in [0.1, 0.15) is 5.75 Å². The third-order valence-corrected chi connectivity index (χ3v) is 7.96. The van der Waals surface area contributed by atoms with E-state index in [0.717, 1.165) is 46.8 Å². The van der Waals surface area contributed by atoms with Gasteiger partial charge in [-0.25, -0.2) is 0 Å². The molecule has 0 saturated heterocycles. The summed E-state index contributed by atoms with van der Waals surface area (Å²) in [5.41, 5.74) is 5.67. The van der Waals surface area contributed by atoms with E-state index in [-0.39, 0.29) is 17.6 Å². The van der Waals surface area contributed by atoms with Crippen molar-refractivity contribution in [1.82, 2.24) is 0 Å². The highest BCUT2D eigenvalue weighted by Crippen LogP contribution is 2.48. The number of para-hydroxylation sites is 2. The number of anilines is 2. The molecule has 6 rings (SSSR count). The quantitative estimate of drug-likeness (QED) is 0.240. The molecule has 0 spiro atoms. The number of nitrogens with one attached hydrogen (secondary N) is 1. The first-order chi connectivity index (χ1) is 20.1. The molecule has 41 heavy (non-hydrogen) atoms. The summed E-state index contributed by atoms with van der Waals surface area (Å²) in [7, 11) is 0. The van der Waals surface area contributed by atoms with E-state index in [4.69, 9.17) is 4.74 Å². The Labute approximate surface area is 241 Å². The molecule has 1 aliphatic heterocycles. The van der Waals surface area contributed by atoms with Crippen LogP contribution in [0.5, 0.6) is 5.75 Å². The molecule has 0 bridgehead atoms. The lowest BCUT2D eigenvalue weighted by atomic mass is 9.78. The van der Waals surface area contributed by atoms with E-state index >= 15 is 0 Å². The van der Waals surface area contributed by atoms with Crippen LogP contribution in [0.4, 0.5) is 11.4 Å². The van der Waals surface area contributed by atoms with Crippen LogP contribution in [-0.2, 0) is 4.79 Å². The van der Waals surface area contributed by atoms with E-state index in [1.165, 1.54) is 0 Å². The standard InChI is InChI=1S/C36H34N2O3/c1-2-3-22-41-29-20-18-26(19-21-29)35-34-31(23-28(24-33(34)39)25-12-6-4-7-13-25)37-30-16-10-11-17-32(30)38(35)36(40)27-14-8-5-9-15-27/h4-21,28,35,37H,2-3,22-24H2,1H3/t28-,35-/m1/s1. The van der Waals surface area contributed by atoms with Crippen LogP contribution in [0.15, 0.2) is 120 Å². The molecular weight excluding hydrogens is 508 g/mol. The van der Waals surface area contributed by atoms with Gasteiger partial charge in [0.25, 0.3) is 5.91 Å². The highest BCUT2D eigenvalue weighted by molar-refractivity contribution is 6.12. The molecule has 0 fully saturated rings. The van der Waals surface area contributed by atoms with Gasteiger partial charge in [-0.05, 0) is 66.3 Å². The van der Waals surface area contributed by atoms with E-state index in [2.05, 4.69) is 24.4 Å². The van der Waals surface area contributed by atoms with Gasteiger partial charge in [0.05, 0.1) is 24.0 Å². The van der Waals surface area contributed by atoms with Crippen molar-refractivity contribution >= 4 is 23.1 Å². The number of nitrogens with zero attached hydrogens (tertiary/aromatic N) is 1. The average Bonchev–Trinajstić information content (AvgIpc) is 3.17. The number of fused-ring (bicyclic) bond motifs is 1. The molecule has 0 saturated carbocycles. The average molecular weight is 543 g/mol. The Morgan fingerprint density at radius 2 is 1.51 bits per heavy atom. The van der Waals surface area contributed by atoms with E-state index in [0.29, 0.717) is 30.6 Å². The Kier molecular flexibility index (Phi) is 7.68. The van der Waals surface area contributed by atoms with E-state index in [9.17, 15) is 9.59 Å². The SMILES string of the molecule is CCCCOc1ccc([C@@H]2C3=C(C[C@@H](c4ccccc4)CC3=O)Nc3ccccc3N2C(=O)c2ccccc2)cc1. The van der Waals surface area contributed by atoms with Crippen LogP contribution in [-0.4, -0.2) is 18.3 Å². The first-order valence-electron chi connectivity index (χ1n) is 14.4. The number of hydrogen-bond acceptors (Lipinski definition) is 4. The second kappa shape index (κ2) is 11.8. The molecule has 1 N–H and O–H groups in total. The molecule has 1 aliphatic carbocycles. The summed E-state index contributed by atoms with van der Waals surface area (Å²) in [6, 6.07) is 34.6. The molecule has 2 aliphatic rings. The Morgan fingerprint density at radius 1 is 0.829 bits per heavy atom. The van der Waals surface area contributed by atoms with Gasteiger partial charge in [0.15, 0.2) is 5.78 Å². The molecule has 5 nitrogen and oxygen atoms in total. The number of unbranched alkanes of at least 4 members (excludes halogenated alkanes) is 1. The summed E-state index contributed by atoms with van der Waals surface area (Å²) < 4.78 is 5.93.